The third-order valence-corrected chi connectivity index (χ3v) is 3.76. The summed E-state index contributed by atoms with van der Waals surface area (Å²) in [4.78, 5) is 21.6. The van der Waals surface area contributed by atoms with Crippen LogP contribution in [-0.2, 0) is 27.4 Å². The molecule has 24 heavy (non-hydrogen) atoms. The number of nitrogens with two attached hydrogens (primary N) is 2. The summed E-state index contributed by atoms with van der Waals surface area (Å²) in [6.07, 6.45) is 4.62. The van der Waals surface area contributed by atoms with Crippen LogP contribution in [0.1, 0.15) is 30.9 Å². The van der Waals surface area contributed by atoms with Crippen LogP contribution in [0.4, 0.5) is 0 Å². The number of hydrogen-bond donors (Lipinski definition) is 3. The SMILES string of the molecule is CC(CC/C=C/C(N)=O)C(O)Cc1ccc(COC(=O)CN)cc1. The number of benzene rings is 1. The zero-order valence-electron chi connectivity index (χ0n) is 14.0. The monoisotopic (exact) mass is 334 g/mol. The number of aliphatic hydroxyl groups is 1. The Labute approximate surface area is 142 Å². The second kappa shape index (κ2) is 10.6. The van der Waals surface area contributed by atoms with Crippen molar-refractivity contribution in [3.8, 4) is 0 Å². The van der Waals surface area contributed by atoms with Crippen LogP contribution in [0.15, 0.2) is 36.4 Å². The van der Waals surface area contributed by atoms with Crippen molar-refractivity contribution in [2.75, 3.05) is 6.54 Å². The van der Waals surface area contributed by atoms with E-state index in [1.54, 1.807) is 6.08 Å². The van der Waals surface area contributed by atoms with Gasteiger partial charge < -0.3 is 21.3 Å². The van der Waals surface area contributed by atoms with Crippen molar-refractivity contribution in [3.05, 3.63) is 47.5 Å². The standard InChI is InChI=1S/C18H26N2O4/c1-13(4-2-3-5-17(20)22)16(21)10-14-6-8-15(9-7-14)12-24-18(23)11-19/h3,5-9,13,16,21H,2,4,10-12,19H2,1H3,(H2,20,22)/b5-3+. The molecule has 1 aromatic carbocycles. The van der Waals surface area contributed by atoms with Gasteiger partial charge in [-0.2, -0.15) is 0 Å². The summed E-state index contributed by atoms with van der Waals surface area (Å²) in [5.41, 5.74) is 12.1. The molecule has 0 heterocycles. The lowest BCUT2D eigenvalue weighted by Crippen LogP contribution is -2.20. The molecule has 0 fully saturated rings. The van der Waals surface area contributed by atoms with Gasteiger partial charge in [-0.1, -0.05) is 37.3 Å². The summed E-state index contributed by atoms with van der Waals surface area (Å²) in [6.45, 7) is 2.04. The Morgan fingerprint density at radius 3 is 2.46 bits per heavy atom. The molecule has 6 heteroatoms. The third-order valence-electron chi connectivity index (χ3n) is 3.76. The second-order valence-corrected chi connectivity index (χ2v) is 5.81. The third kappa shape index (κ3) is 7.89. The van der Waals surface area contributed by atoms with Crippen LogP contribution in [-0.4, -0.2) is 29.6 Å². The summed E-state index contributed by atoms with van der Waals surface area (Å²) in [5, 5.41) is 10.3. The lowest BCUT2D eigenvalue weighted by Gasteiger charge is -2.18. The highest BCUT2D eigenvalue weighted by atomic mass is 16.5. The normalized spacial score (nSPS) is 13.6. The van der Waals surface area contributed by atoms with Crippen LogP contribution >= 0.6 is 0 Å². The van der Waals surface area contributed by atoms with Gasteiger partial charge in [0.2, 0.25) is 5.91 Å². The van der Waals surface area contributed by atoms with Gasteiger partial charge >= 0.3 is 5.97 Å². The summed E-state index contributed by atoms with van der Waals surface area (Å²) < 4.78 is 4.96. The van der Waals surface area contributed by atoms with E-state index in [0.29, 0.717) is 12.8 Å². The minimum absolute atomic E-state index is 0.104. The number of ether oxygens (including phenoxy) is 1. The molecule has 1 aromatic rings. The van der Waals surface area contributed by atoms with E-state index in [4.69, 9.17) is 16.2 Å². The first-order valence-electron chi connectivity index (χ1n) is 8.00. The fourth-order valence-corrected chi connectivity index (χ4v) is 2.19. The average Bonchev–Trinajstić information content (AvgIpc) is 2.57. The van der Waals surface area contributed by atoms with Crippen molar-refractivity contribution in [2.24, 2.45) is 17.4 Å². The maximum atomic E-state index is 11.0. The number of primary amides is 1. The first-order valence-corrected chi connectivity index (χ1v) is 8.00. The lowest BCUT2D eigenvalue weighted by atomic mass is 9.93. The quantitative estimate of drug-likeness (QED) is 0.437. The highest BCUT2D eigenvalue weighted by Gasteiger charge is 2.14. The minimum Gasteiger partial charge on any atom is -0.460 e. The number of hydrogen-bond acceptors (Lipinski definition) is 5. The van der Waals surface area contributed by atoms with Gasteiger partial charge in [-0.25, -0.2) is 0 Å². The van der Waals surface area contributed by atoms with Gasteiger partial charge in [-0.3, -0.25) is 9.59 Å². The van der Waals surface area contributed by atoms with E-state index in [1.807, 2.05) is 31.2 Å². The molecule has 6 nitrogen and oxygen atoms in total. The topological polar surface area (TPSA) is 116 Å². The molecule has 2 unspecified atom stereocenters. The molecule has 0 aromatic heterocycles. The number of aliphatic hydroxyl groups excluding tert-OH is 1. The lowest BCUT2D eigenvalue weighted by molar-refractivity contribution is -0.143. The van der Waals surface area contributed by atoms with Crippen LogP contribution in [0.3, 0.4) is 0 Å². The van der Waals surface area contributed by atoms with Crippen molar-refractivity contribution < 1.29 is 19.4 Å². The summed E-state index contributed by atoms with van der Waals surface area (Å²) >= 11 is 0. The largest absolute Gasteiger partial charge is 0.460 e. The molecule has 0 saturated heterocycles. The highest BCUT2D eigenvalue weighted by molar-refractivity contribution is 5.85. The van der Waals surface area contributed by atoms with Crippen LogP contribution < -0.4 is 11.5 Å². The maximum Gasteiger partial charge on any atom is 0.320 e. The number of esters is 1. The van der Waals surface area contributed by atoms with E-state index in [2.05, 4.69) is 0 Å². The highest BCUT2D eigenvalue weighted by Crippen LogP contribution is 2.16. The van der Waals surface area contributed by atoms with Crippen molar-refractivity contribution in [1.29, 1.82) is 0 Å². The Bertz CT molecular complexity index is 555. The molecule has 0 aliphatic carbocycles. The van der Waals surface area contributed by atoms with Crippen molar-refractivity contribution >= 4 is 11.9 Å². The fourth-order valence-electron chi connectivity index (χ4n) is 2.19. The average molecular weight is 334 g/mol. The Balaban J connectivity index is 2.41. The molecule has 1 rings (SSSR count). The Hall–Kier alpha value is -2.18. The van der Waals surface area contributed by atoms with Gasteiger partial charge in [0.1, 0.15) is 6.61 Å². The molecule has 0 saturated carbocycles. The van der Waals surface area contributed by atoms with Crippen LogP contribution in [0.2, 0.25) is 0 Å². The summed E-state index contributed by atoms with van der Waals surface area (Å²) in [5.74, 6) is -0.790. The number of carbonyl (C=O) groups is 2. The molecule has 5 N–H and O–H groups in total. The Morgan fingerprint density at radius 1 is 1.25 bits per heavy atom. The smallest absolute Gasteiger partial charge is 0.320 e. The van der Waals surface area contributed by atoms with Crippen LogP contribution in [0.25, 0.3) is 0 Å². The van der Waals surface area contributed by atoms with Crippen molar-refractivity contribution in [1.82, 2.24) is 0 Å². The molecular formula is C18H26N2O4. The first kappa shape index (κ1) is 19.9. The molecule has 0 radical (unpaired) electrons. The van der Waals surface area contributed by atoms with Gasteiger partial charge in [0.05, 0.1) is 12.6 Å². The zero-order chi connectivity index (χ0) is 17.9. The molecule has 2 atom stereocenters. The first-order chi connectivity index (χ1) is 11.4. The van der Waals surface area contributed by atoms with E-state index < -0.39 is 18.0 Å². The van der Waals surface area contributed by atoms with Gasteiger partial charge in [-0.05, 0) is 42.4 Å². The molecular weight excluding hydrogens is 308 g/mol. The van der Waals surface area contributed by atoms with E-state index in [-0.39, 0.29) is 19.1 Å². The molecule has 0 aliphatic heterocycles. The van der Waals surface area contributed by atoms with E-state index in [9.17, 15) is 14.7 Å². The number of amides is 1. The molecule has 0 bridgehead atoms. The molecule has 132 valence electrons. The van der Waals surface area contributed by atoms with E-state index >= 15 is 0 Å². The number of carbonyl (C=O) groups excluding carboxylic acids is 2. The molecule has 0 aliphatic rings. The zero-order valence-corrected chi connectivity index (χ0v) is 14.0. The summed E-state index contributed by atoms with van der Waals surface area (Å²) in [7, 11) is 0. The van der Waals surface area contributed by atoms with Crippen LogP contribution in [0.5, 0.6) is 0 Å². The molecule has 0 spiro atoms. The number of rotatable bonds is 10. The summed E-state index contributed by atoms with van der Waals surface area (Å²) in [6, 6.07) is 7.56. The maximum absolute atomic E-state index is 11.0. The van der Waals surface area contributed by atoms with Gasteiger partial charge in [0.15, 0.2) is 0 Å². The second-order valence-electron chi connectivity index (χ2n) is 5.81. The van der Waals surface area contributed by atoms with Gasteiger partial charge in [0, 0.05) is 0 Å². The Morgan fingerprint density at radius 2 is 1.88 bits per heavy atom. The van der Waals surface area contributed by atoms with Gasteiger partial charge in [0.25, 0.3) is 0 Å². The van der Waals surface area contributed by atoms with E-state index in [1.165, 1.54) is 6.08 Å². The van der Waals surface area contributed by atoms with Gasteiger partial charge in [-0.15, -0.1) is 0 Å². The van der Waals surface area contributed by atoms with E-state index in [0.717, 1.165) is 17.5 Å². The predicted molar refractivity (Wildman–Crippen MR) is 91.7 cm³/mol. The Kier molecular flexibility index (Phi) is 8.75. The molecule has 1 amide bonds. The van der Waals surface area contributed by atoms with Crippen molar-refractivity contribution in [2.45, 2.75) is 38.9 Å². The minimum atomic E-state index is -0.465. The number of allylic oxidation sites excluding steroid dienone is 1. The predicted octanol–water partition coefficient (Wildman–Crippen LogP) is 1.05. The van der Waals surface area contributed by atoms with Crippen molar-refractivity contribution in [3.63, 3.8) is 0 Å². The fraction of sp³-hybridized carbons (Fsp3) is 0.444. The van der Waals surface area contributed by atoms with Crippen LogP contribution in [0, 0.1) is 5.92 Å².